The van der Waals surface area contributed by atoms with Crippen LogP contribution in [-0.2, 0) is 12.1 Å². The van der Waals surface area contributed by atoms with E-state index in [9.17, 15) is 4.79 Å². The molecule has 4 rings (SSSR count). The zero-order chi connectivity index (χ0) is 20.6. The molecule has 0 unspecified atom stereocenters. The lowest BCUT2D eigenvalue weighted by Crippen LogP contribution is -2.32. The van der Waals surface area contributed by atoms with Gasteiger partial charge in [-0.3, -0.25) is 14.4 Å². The van der Waals surface area contributed by atoms with Crippen LogP contribution >= 0.6 is 11.8 Å². The lowest BCUT2D eigenvalue weighted by molar-refractivity contribution is 0.102. The number of anilines is 1. The monoisotopic (exact) mass is 412 g/mol. The van der Waals surface area contributed by atoms with Crippen LogP contribution in [0, 0.1) is 6.92 Å². The van der Waals surface area contributed by atoms with E-state index < -0.39 is 0 Å². The Morgan fingerprint density at radius 1 is 1.24 bits per heavy atom. The molecule has 29 heavy (non-hydrogen) atoms. The van der Waals surface area contributed by atoms with Gasteiger partial charge in [-0.05, 0) is 63.8 Å². The Bertz CT molecular complexity index is 889. The molecular weight excluding hydrogens is 380 g/mol. The predicted molar refractivity (Wildman–Crippen MR) is 121 cm³/mol. The molecule has 6 heteroatoms. The summed E-state index contributed by atoms with van der Waals surface area (Å²) in [4.78, 5) is 15.5. The molecular formula is C23H32N4OS. The van der Waals surface area contributed by atoms with Crippen molar-refractivity contribution in [2.45, 2.75) is 58.5 Å². The van der Waals surface area contributed by atoms with Crippen molar-refractivity contribution >= 4 is 23.4 Å². The van der Waals surface area contributed by atoms with Crippen molar-refractivity contribution in [3.63, 3.8) is 0 Å². The summed E-state index contributed by atoms with van der Waals surface area (Å²) in [5, 5.41) is 7.80. The molecule has 156 valence electrons. The molecule has 1 aromatic heterocycles. The number of hydrogen-bond acceptors (Lipinski definition) is 4. The van der Waals surface area contributed by atoms with Crippen molar-refractivity contribution in [1.29, 1.82) is 0 Å². The first-order valence-electron chi connectivity index (χ1n) is 10.6. The normalized spacial score (nSPS) is 18.1. The average Bonchev–Trinajstić information content (AvgIpc) is 3.42. The molecule has 0 radical (unpaired) electrons. The van der Waals surface area contributed by atoms with Crippen LogP contribution in [0.15, 0.2) is 24.3 Å². The van der Waals surface area contributed by atoms with Gasteiger partial charge in [-0.25, -0.2) is 0 Å². The van der Waals surface area contributed by atoms with E-state index in [1.807, 2.05) is 34.6 Å². The van der Waals surface area contributed by atoms with Crippen molar-refractivity contribution in [1.82, 2.24) is 14.7 Å². The molecule has 0 atom stereocenters. The molecule has 5 nitrogen and oxygen atoms in total. The highest BCUT2D eigenvalue weighted by Crippen LogP contribution is 2.41. The molecule has 1 saturated carbocycles. The van der Waals surface area contributed by atoms with Crippen LogP contribution in [0.5, 0.6) is 0 Å². The molecule has 1 aliphatic heterocycles. The van der Waals surface area contributed by atoms with E-state index in [0.29, 0.717) is 11.6 Å². The maximum atomic E-state index is 13.0. The summed E-state index contributed by atoms with van der Waals surface area (Å²) in [6.07, 6.45) is 2.39. The molecule has 1 aliphatic carbocycles. The van der Waals surface area contributed by atoms with E-state index in [-0.39, 0.29) is 11.4 Å². The van der Waals surface area contributed by atoms with E-state index in [2.05, 4.69) is 49.1 Å². The number of carbonyl (C=O) groups is 1. The van der Waals surface area contributed by atoms with Gasteiger partial charge in [-0.1, -0.05) is 12.1 Å². The van der Waals surface area contributed by atoms with Gasteiger partial charge in [0.05, 0.1) is 5.54 Å². The van der Waals surface area contributed by atoms with Crippen molar-refractivity contribution in [3.8, 4) is 0 Å². The lowest BCUT2D eigenvalue weighted by Gasteiger charge is -2.27. The van der Waals surface area contributed by atoms with Crippen LogP contribution in [0.3, 0.4) is 0 Å². The van der Waals surface area contributed by atoms with Crippen LogP contribution in [-0.4, -0.2) is 45.2 Å². The Hall–Kier alpha value is -1.79. The highest BCUT2D eigenvalue weighted by Gasteiger charge is 2.32. The zero-order valence-corrected chi connectivity index (χ0v) is 18.8. The van der Waals surface area contributed by atoms with Gasteiger partial charge in [0.2, 0.25) is 0 Å². The maximum Gasteiger partial charge on any atom is 0.276 e. The fourth-order valence-electron chi connectivity index (χ4n) is 3.89. The Balaban J connectivity index is 1.52. The summed E-state index contributed by atoms with van der Waals surface area (Å²) < 4.78 is 2.04. The minimum absolute atomic E-state index is 0.121. The van der Waals surface area contributed by atoms with Gasteiger partial charge in [0, 0.05) is 48.4 Å². The second-order valence-electron chi connectivity index (χ2n) is 9.24. The first-order chi connectivity index (χ1) is 13.8. The Morgan fingerprint density at radius 2 is 1.97 bits per heavy atom. The van der Waals surface area contributed by atoms with Crippen LogP contribution in [0.1, 0.15) is 66.8 Å². The second-order valence-corrected chi connectivity index (χ2v) is 10.5. The molecule has 1 saturated heterocycles. The summed E-state index contributed by atoms with van der Waals surface area (Å²) in [7, 11) is 0. The van der Waals surface area contributed by atoms with Gasteiger partial charge in [0.1, 0.15) is 0 Å². The van der Waals surface area contributed by atoms with Crippen LogP contribution in [0.4, 0.5) is 5.69 Å². The number of nitrogens with zero attached hydrogens (tertiary/aromatic N) is 3. The maximum absolute atomic E-state index is 13.0. The minimum atomic E-state index is -0.126. The minimum Gasteiger partial charge on any atom is -0.320 e. The SMILES string of the molecule is Cc1c(CN2CCSCC2)cccc1NC(=O)c1cc(C2CC2)n(C(C)(C)C)n1. The second kappa shape index (κ2) is 8.15. The van der Waals surface area contributed by atoms with Crippen LogP contribution in [0.25, 0.3) is 0 Å². The molecule has 2 fully saturated rings. The topological polar surface area (TPSA) is 50.2 Å². The molecule has 1 amide bonds. The Kier molecular flexibility index (Phi) is 5.76. The highest BCUT2D eigenvalue weighted by molar-refractivity contribution is 7.99. The lowest BCUT2D eigenvalue weighted by atomic mass is 10.1. The van der Waals surface area contributed by atoms with Gasteiger partial charge in [-0.15, -0.1) is 0 Å². The molecule has 0 bridgehead atoms. The van der Waals surface area contributed by atoms with Crippen molar-refractivity contribution < 1.29 is 4.79 Å². The molecule has 1 N–H and O–H groups in total. The third-order valence-electron chi connectivity index (χ3n) is 5.79. The Morgan fingerprint density at radius 3 is 2.62 bits per heavy atom. The third-order valence-corrected chi connectivity index (χ3v) is 6.73. The number of hydrogen-bond donors (Lipinski definition) is 1. The third kappa shape index (κ3) is 4.69. The molecule has 2 heterocycles. The van der Waals surface area contributed by atoms with Crippen LogP contribution in [0.2, 0.25) is 0 Å². The predicted octanol–water partition coefficient (Wildman–Crippen LogP) is 4.63. The Labute approximate surface area is 178 Å². The van der Waals surface area contributed by atoms with Crippen molar-refractivity contribution in [2.24, 2.45) is 0 Å². The number of carbonyl (C=O) groups excluding carboxylic acids is 1. The standard InChI is InChI=1S/C23H32N4OS/c1-16-18(15-26-10-12-29-13-11-26)6-5-7-19(16)24-22(28)20-14-21(17-8-9-17)27(25-20)23(2,3)4/h5-7,14,17H,8-13,15H2,1-4H3,(H,24,28). The highest BCUT2D eigenvalue weighted by atomic mass is 32.2. The van der Waals surface area contributed by atoms with E-state index in [4.69, 9.17) is 0 Å². The fraction of sp³-hybridized carbons (Fsp3) is 0.565. The van der Waals surface area contributed by atoms with E-state index >= 15 is 0 Å². The molecule has 1 aromatic carbocycles. The van der Waals surface area contributed by atoms with Gasteiger partial charge in [0.15, 0.2) is 5.69 Å². The largest absolute Gasteiger partial charge is 0.320 e. The summed E-state index contributed by atoms with van der Waals surface area (Å²) >= 11 is 2.03. The summed E-state index contributed by atoms with van der Waals surface area (Å²) in [5.41, 5.74) is 4.90. The van der Waals surface area contributed by atoms with E-state index in [1.165, 1.54) is 35.6 Å². The van der Waals surface area contributed by atoms with Crippen LogP contribution < -0.4 is 5.32 Å². The number of benzene rings is 1. The van der Waals surface area contributed by atoms with Gasteiger partial charge >= 0.3 is 0 Å². The summed E-state index contributed by atoms with van der Waals surface area (Å²) in [6, 6.07) is 8.19. The summed E-state index contributed by atoms with van der Waals surface area (Å²) in [6.45, 7) is 11.7. The van der Waals surface area contributed by atoms with E-state index in [0.717, 1.165) is 30.9 Å². The average molecular weight is 413 g/mol. The van der Waals surface area contributed by atoms with E-state index in [1.54, 1.807) is 0 Å². The fourth-order valence-corrected chi connectivity index (χ4v) is 4.87. The zero-order valence-electron chi connectivity index (χ0n) is 18.0. The summed E-state index contributed by atoms with van der Waals surface area (Å²) in [5.74, 6) is 2.84. The van der Waals surface area contributed by atoms with Gasteiger partial charge < -0.3 is 5.32 Å². The molecule has 0 spiro atoms. The van der Waals surface area contributed by atoms with Gasteiger partial charge in [-0.2, -0.15) is 16.9 Å². The molecule has 2 aliphatic rings. The number of amides is 1. The number of thioether (sulfide) groups is 1. The first-order valence-corrected chi connectivity index (χ1v) is 11.8. The molecule has 2 aromatic rings. The smallest absolute Gasteiger partial charge is 0.276 e. The number of rotatable bonds is 5. The number of nitrogens with one attached hydrogen (secondary N) is 1. The van der Waals surface area contributed by atoms with Crippen molar-refractivity contribution in [2.75, 3.05) is 29.9 Å². The number of aromatic nitrogens is 2. The van der Waals surface area contributed by atoms with Gasteiger partial charge in [0.25, 0.3) is 5.91 Å². The quantitative estimate of drug-likeness (QED) is 0.778. The van der Waals surface area contributed by atoms with Crippen molar-refractivity contribution in [3.05, 3.63) is 46.8 Å². The first kappa shape index (κ1) is 20.5.